The lowest BCUT2D eigenvalue weighted by Gasteiger charge is -2.09. The number of allylic oxidation sites excluding steroid dienone is 3. The van der Waals surface area contributed by atoms with Gasteiger partial charge in [0.2, 0.25) is 5.91 Å². The molecule has 0 aromatic rings. The van der Waals surface area contributed by atoms with Gasteiger partial charge in [0, 0.05) is 12.1 Å². The number of hydrogen-bond donors (Lipinski definition) is 2. The van der Waals surface area contributed by atoms with E-state index in [2.05, 4.69) is 5.32 Å². The topological polar surface area (TPSA) is 66.4 Å². The molecule has 1 fully saturated rings. The largest absolute Gasteiger partial charge is 0.481 e. The van der Waals surface area contributed by atoms with Crippen LogP contribution < -0.4 is 5.32 Å². The van der Waals surface area contributed by atoms with Crippen LogP contribution in [-0.2, 0) is 9.59 Å². The summed E-state index contributed by atoms with van der Waals surface area (Å²) in [4.78, 5) is 22.1. The van der Waals surface area contributed by atoms with E-state index in [4.69, 9.17) is 5.11 Å². The molecule has 0 aliphatic heterocycles. The maximum atomic E-state index is 11.4. The molecule has 0 aromatic carbocycles. The molecule has 4 heteroatoms. The summed E-state index contributed by atoms with van der Waals surface area (Å²) < 4.78 is 0. The number of carbonyl (C=O) groups excluding carboxylic acids is 1. The summed E-state index contributed by atoms with van der Waals surface area (Å²) in [6, 6.07) is 0.00357. The molecule has 16 heavy (non-hydrogen) atoms. The average molecular weight is 223 g/mol. The minimum absolute atomic E-state index is 0.00357. The maximum Gasteiger partial charge on any atom is 0.306 e. The number of carbonyl (C=O) groups is 2. The van der Waals surface area contributed by atoms with E-state index in [9.17, 15) is 9.59 Å². The predicted octanol–water partition coefficient (Wildman–Crippen LogP) is 1.49. The van der Waals surface area contributed by atoms with Crippen LogP contribution >= 0.6 is 0 Å². The van der Waals surface area contributed by atoms with E-state index in [1.807, 2.05) is 13.0 Å². The fraction of sp³-hybridized carbons (Fsp3) is 0.500. The number of carboxylic acid groups (broad SMARTS) is 1. The number of aliphatic carboxylic acids is 1. The summed E-state index contributed by atoms with van der Waals surface area (Å²) in [5.74, 6) is -1.22. The van der Waals surface area contributed by atoms with Crippen LogP contribution in [0.2, 0.25) is 0 Å². The molecule has 0 radical (unpaired) electrons. The lowest BCUT2D eigenvalue weighted by atomic mass is 10.1. The van der Waals surface area contributed by atoms with Crippen molar-refractivity contribution in [1.29, 1.82) is 0 Å². The van der Waals surface area contributed by atoms with Crippen molar-refractivity contribution in [2.45, 2.75) is 32.2 Å². The Bertz CT molecular complexity index is 320. The van der Waals surface area contributed by atoms with E-state index >= 15 is 0 Å². The van der Waals surface area contributed by atoms with E-state index in [0.29, 0.717) is 12.8 Å². The Morgan fingerprint density at radius 1 is 1.31 bits per heavy atom. The molecule has 1 aliphatic carbocycles. The molecule has 1 rings (SSSR count). The van der Waals surface area contributed by atoms with Gasteiger partial charge in [-0.25, -0.2) is 0 Å². The molecule has 1 amide bonds. The first-order chi connectivity index (χ1) is 7.63. The van der Waals surface area contributed by atoms with Gasteiger partial charge in [0.25, 0.3) is 0 Å². The normalized spacial score (nSPS) is 25.3. The quantitative estimate of drug-likeness (QED) is 0.560. The van der Waals surface area contributed by atoms with Gasteiger partial charge in [0.1, 0.15) is 0 Å². The fourth-order valence-electron chi connectivity index (χ4n) is 1.84. The van der Waals surface area contributed by atoms with E-state index in [0.717, 1.165) is 6.42 Å². The molecule has 0 bridgehead atoms. The van der Waals surface area contributed by atoms with E-state index in [-0.39, 0.29) is 17.9 Å². The van der Waals surface area contributed by atoms with Crippen molar-refractivity contribution < 1.29 is 14.7 Å². The second-order valence-corrected chi connectivity index (χ2v) is 3.94. The first-order valence-corrected chi connectivity index (χ1v) is 5.46. The monoisotopic (exact) mass is 223 g/mol. The molecule has 88 valence electrons. The molecule has 0 unspecified atom stereocenters. The van der Waals surface area contributed by atoms with Crippen LogP contribution in [0.5, 0.6) is 0 Å². The lowest BCUT2D eigenvalue weighted by molar-refractivity contribution is -0.141. The van der Waals surface area contributed by atoms with Crippen LogP contribution in [0.4, 0.5) is 0 Å². The van der Waals surface area contributed by atoms with Crippen molar-refractivity contribution in [3.63, 3.8) is 0 Å². The summed E-state index contributed by atoms with van der Waals surface area (Å²) >= 11 is 0. The average Bonchev–Trinajstić information content (AvgIpc) is 2.66. The predicted molar refractivity (Wildman–Crippen MR) is 60.9 cm³/mol. The van der Waals surface area contributed by atoms with Gasteiger partial charge in [0.15, 0.2) is 0 Å². The first-order valence-electron chi connectivity index (χ1n) is 5.46. The van der Waals surface area contributed by atoms with Gasteiger partial charge >= 0.3 is 5.97 Å². The lowest BCUT2D eigenvalue weighted by Crippen LogP contribution is -2.31. The van der Waals surface area contributed by atoms with Crippen molar-refractivity contribution in [2.24, 2.45) is 5.92 Å². The highest BCUT2D eigenvalue weighted by molar-refractivity contribution is 5.88. The highest BCUT2D eigenvalue weighted by Crippen LogP contribution is 2.25. The SMILES string of the molecule is C/C=C/C=C\C(=O)N[C@@H]1CC[C@@H](C(=O)O)C1. The van der Waals surface area contributed by atoms with Gasteiger partial charge in [-0.05, 0) is 26.2 Å². The van der Waals surface area contributed by atoms with E-state index < -0.39 is 5.97 Å². The standard InChI is InChI=1S/C12H17NO3/c1-2-3-4-5-11(14)13-10-7-6-9(8-10)12(15)16/h2-5,9-10H,6-8H2,1H3,(H,13,14)(H,15,16)/b3-2+,5-4-/t9-,10-/m1/s1. The van der Waals surface area contributed by atoms with Crippen LogP contribution in [0.15, 0.2) is 24.3 Å². The molecule has 0 spiro atoms. The fourth-order valence-corrected chi connectivity index (χ4v) is 1.84. The van der Waals surface area contributed by atoms with Crippen molar-refractivity contribution in [3.05, 3.63) is 24.3 Å². The smallest absolute Gasteiger partial charge is 0.306 e. The Morgan fingerprint density at radius 2 is 2.06 bits per heavy atom. The van der Waals surface area contributed by atoms with E-state index in [1.54, 1.807) is 12.2 Å². The number of hydrogen-bond acceptors (Lipinski definition) is 2. The Balaban J connectivity index is 2.34. The molecular formula is C12H17NO3. The second kappa shape index (κ2) is 6.10. The van der Waals surface area contributed by atoms with Crippen molar-refractivity contribution >= 4 is 11.9 Å². The van der Waals surface area contributed by atoms with Crippen LogP contribution in [0, 0.1) is 5.92 Å². The summed E-state index contributed by atoms with van der Waals surface area (Å²) in [6.45, 7) is 1.87. The minimum Gasteiger partial charge on any atom is -0.481 e. The molecule has 2 atom stereocenters. The third-order valence-corrected chi connectivity index (χ3v) is 2.68. The highest BCUT2D eigenvalue weighted by Gasteiger charge is 2.29. The van der Waals surface area contributed by atoms with Crippen LogP contribution in [0.1, 0.15) is 26.2 Å². The second-order valence-electron chi connectivity index (χ2n) is 3.94. The molecule has 1 aliphatic rings. The van der Waals surface area contributed by atoms with Crippen molar-refractivity contribution in [2.75, 3.05) is 0 Å². The van der Waals surface area contributed by atoms with Gasteiger partial charge in [-0.3, -0.25) is 9.59 Å². The summed E-state index contributed by atoms with van der Waals surface area (Å²) in [5.41, 5.74) is 0. The van der Waals surface area contributed by atoms with Gasteiger partial charge in [-0.2, -0.15) is 0 Å². The van der Waals surface area contributed by atoms with Crippen LogP contribution in [-0.4, -0.2) is 23.0 Å². The number of carboxylic acids is 1. The van der Waals surface area contributed by atoms with Crippen molar-refractivity contribution in [3.8, 4) is 0 Å². The maximum absolute atomic E-state index is 11.4. The molecule has 0 saturated heterocycles. The first kappa shape index (κ1) is 12.5. The van der Waals surface area contributed by atoms with Gasteiger partial charge in [-0.1, -0.05) is 18.2 Å². The number of nitrogens with one attached hydrogen (secondary N) is 1. The summed E-state index contributed by atoms with van der Waals surface area (Å²) in [7, 11) is 0. The zero-order chi connectivity index (χ0) is 12.0. The summed E-state index contributed by atoms with van der Waals surface area (Å²) in [5, 5.41) is 11.6. The number of amides is 1. The number of rotatable bonds is 4. The molecule has 2 N–H and O–H groups in total. The minimum atomic E-state index is -0.763. The van der Waals surface area contributed by atoms with E-state index in [1.165, 1.54) is 6.08 Å². The van der Waals surface area contributed by atoms with Gasteiger partial charge in [-0.15, -0.1) is 0 Å². The van der Waals surface area contributed by atoms with Gasteiger partial charge < -0.3 is 10.4 Å². The zero-order valence-corrected chi connectivity index (χ0v) is 9.35. The Labute approximate surface area is 95.0 Å². The highest BCUT2D eigenvalue weighted by atomic mass is 16.4. The molecule has 0 heterocycles. The Hall–Kier alpha value is -1.58. The zero-order valence-electron chi connectivity index (χ0n) is 9.35. The summed E-state index contributed by atoms with van der Waals surface area (Å²) in [6.07, 6.45) is 8.67. The van der Waals surface area contributed by atoms with Crippen molar-refractivity contribution in [1.82, 2.24) is 5.32 Å². The third-order valence-electron chi connectivity index (χ3n) is 2.68. The molecular weight excluding hydrogens is 206 g/mol. The molecule has 1 saturated carbocycles. The Kier molecular flexibility index (Phi) is 4.76. The third kappa shape index (κ3) is 3.88. The molecule has 0 aromatic heterocycles. The van der Waals surface area contributed by atoms with Crippen LogP contribution in [0.3, 0.4) is 0 Å². The van der Waals surface area contributed by atoms with Crippen LogP contribution in [0.25, 0.3) is 0 Å². The Morgan fingerprint density at radius 3 is 2.62 bits per heavy atom. The molecule has 4 nitrogen and oxygen atoms in total. The van der Waals surface area contributed by atoms with Gasteiger partial charge in [0.05, 0.1) is 5.92 Å².